The second-order valence-corrected chi connectivity index (χ2v) is 26.0. The van der Waals surface area contributed by atoms with Gasteiger partial charge in [0.15, 0.2) is 17.9 Å². The van der Waals surface area contributed by atoms with Gasteiger partial charge >= 0.3 is 0 Å². The highest BCUT2D eigenvalue weighted by Gasteiger charge is 2.41. The summed E-state index contributed by atoms with van der Waals surface area (Å²) in [7, 11) is 0. The largest absolute Gasteiger partial charge is 0.508 e. The number of nitrogens with zero attached hydrogens (tertiary/aromatic N) is 4. The molecular weight excluding hydrogens is 1290 g/mol. The Balaban J connectivity index is 1.94. The molecule has 1 fully saturated rings. The van der Waals surface area contributed by atoms with E-state index in [1.165, 1.54) is 11.8 Å². The molecule has 0 unspecified atom stereocenters. The third kappa shape index (κ3) is 30.1. The molecule has 0 aliphatic carbocycles. The molecule has 33 nitrogen and oxygen atoms in total. The molecule has 1 aliphatic heterocycles. The van der Waals surface area contributed by atoms with Gasteiger partial charge in [-0.3, -0.25) is 67.7 Å². The zero-order chi connectivity index (χ0) is 74.8. The molecular formula is C67H111N21O12. The number of phenols is 1. The van der Waals surface area contributed by atoms with Crippen LogP contribution in [0.3, 0.4) is 0 Å². The SMILES string of the molecule is CC[C@H](C)[C@H](NC(=O)[C@H](CCCN=C(N)N)NC(=O)[C@H](CCCN=C(N)N)NC(=O)[C@H](CC(C)C)NC(=O)[C@H](Cc1ccccc1)NC(=O)[C@@H](C)NC(=O)CNC(=O)[C@@H](C)Cc1c(C)cc(O)cc1C)C(=O)N[C@@H](CCCN=C(N)N)C(=O)N1CCC[C@H]1C(=O)N[C@@H](CCCCN)C(N)=O. The van der Waals surface area contributed by atoms with Crippen molar-refractivity contribution in [3.63, 3.8) is 0 Å². The van der Waals surface area contributed by atoms with Crippen molar-refractivity contribution in [1.29, 1.82) is 0 Å². The second-order valence-electron chi connectivity index (χ2n) is 26.0. The van der Waals surface area contributed by atoms with Crippen molar-refractivity contribution in [3.8, 4) is 5.75 Å². The van der Waals surface area contributed by atoms with E-state index in [0.29, 0.717) is 44.2 Å². The highest BCUT2D eigenvalue weighted by Crippen LogP contribution is 2.25. The van der Waals surface area contributed by atoms with Crippen molar-refractivity contribution in [2.75, 3.05) is 39.3 Å². The van der Waals surface area contributed by atoms with Gasteiger partial charge in [0.25, 0.3) is 0 Å². The summed E-state index contributed by atoms with van der Waals surface area (Å²) in [4.78, 5) is 168. The quantitative estimate of drug-likeness (QED) is 0.0182. The summed E-state index contributed by atoms with van der Waals surface area (Å²) in [6.07, 6.45) is 2.78. The minimum absolute atomic E-state index is 0.00559. The molecule has 0 radical (unpaired) electrons. The lowest BCUT2D eigenvalue weighted by Crippen LogP contribution is -2.61. The lowest BCUT2D eigenvalue weighted by molar-refractivity contribution is -0.142. The number of carbonyl (C=O) groups excluding carboxylic acids is 11. The van der Waals surface area contributed by atoms with E-state index in [1.807, 2.05) is 13.8 Å². The van der Waals surface area contributed by atoms with Crippen LogP contribution >= 0.6 is 0 Å². The molecule has 556 valence electrons. The number of likely N-dealkylation sites (tertiary alicyclic amines) is 1. The van der Waals surface area contributed by atoms with Crippen LogP contribution in [-0.2, 0) is 65.6 Å². The topological polar surface area (TPSA) is 565 Å². The summed E-state index contributed by atoms with van der Waals surface area (Å²) < 4.78 is 0. The molecule has 1 heterocycles. The van der Waals surface area contributed by atoms with Crippen LogP contribution in [0.4, 0.5) is 0 Å². The lowest BCUT2D eigenvalue weighted by Gasteiger charge is -2.32. The fourth-order valence-corrected chi connectivity index (χ4v) is 11.3. The third-order valence-electron chi connectivity index (χ3n) is 17.0. The van der Waals surface area contributed by atoms with Gasteiger partial charge in [-0.15, -0.1) is 0 Å². The number of primary amides is 1. The number of hydrogen-bond donors (Lipinski definition) is 18. The first-order valence-electron chi connectivity index (χ1n) is 34.3. The molecule has 11 atom stereocenters. The Labute approximate surface area is 585 Å². The van der Waals surface area contributed by atoms with Crippen LogP contribution in [0.25, 0.3) is 0 Å². The van der Waals surface area contributed by atoms with Gasteiger partial charge in [0, 0.05) is 38.5 Å². The average molecular weight is 1400 g/mol. The van der Waals surface area contributed by atoms with E-state index >= 15 is 0 Å². The first-order valence-corrected chi connectivity index (χ1v) is 34.3. The highest BCUT2D eigenvalue weighted by molar-refractivity contribution is 5.99. The van der Waals surface area contributed by atoms with Crippen LogP contribution in [0.1, 0.15) is 147 Å². The molecule has 1 aliphatic rings. The number of rotatable bonds is 44. The number of nitrogens with two attached hydrogens (primary N) is 8. The number of benzene rings is 2. The smallest absolute Gasteiger partial charge is 0.245 e. The van der Waals surface area contributed by atoms with Gasteiger partial charge in [-0.05, 0) is 157 Å². The second kappa shape index (κ2) is 43.6. The molecule has 2 aromatic carbocycles. The van der Waals surface area contributed by atoms with Crippen molar-refractivity contribution >= 4 is 82.9 Å². The van der Waals surface area contributed by atoms with E-state index in [4.69, 9.17) is 45.9 Å². The monoisotopic (exact) mass is 1400 g/mol. The number of unbranched alkanes of at least 4 members (excludes halogenated alkanes) is 1. The number of phenolic OH excluding ortho intramolecular Hbond substituents is 1. The summed E-state index contributed by atoms with van der Waals surface area (Å²) in [6, 6.07) is 0.490. The first kappa shape index (κ1) is 84.4. The van der Waals surface area contributed by atoms with E-state index in [-0.39, 0.29) is 120 Å². The maximum Gasteiger partial charge on any atom is 0.245 e. The molecule has 0 aromatic heterocycles. The fourth-order valence-electron chi connectivity index (χ4n) is 11.3. The summed E-state index contributed by atoms with van der Waals surface area (Å²) in [5.41, 5.74) is 48.1. The Hall–Kier alpha value is -9.82. The molecule has 26 N–H and O–H groups in total. The molecule has 11 amide bonds. The van der Waals surface area contributed by atoms with Gasteiger partial charge in [0.1, 0.15) is 60.1 Å². The maximum atomic E-state index is 14.8. The lowest BCUT2D eigenvalue weighted by atomic mass is 9.93. The van der Waals surface area contributed by atoms with Gasteiger partial charge in [-0.1, -0.05) is 71.4 Å². The van der Waals surface area contributed by atoms with Crippen LogP contribution in [-0.4, -0.2) is 187 Å². The predicted molar refractivity (Wildman–Crippen MR) is 380 cm³/mol. The van der Waals surface area contributed by atoms with Gasteiger partial charge in [0.05, 0.1) is 6.54 Å². The summed E-state index contributed by atoms with van der Waals surface area (Å²) in [6.45, 7) is 13.9. The van der Waals surface area contributed by atoms with E-state index in [0.717, 1.165) is 16.7 Å². The van der Waals surface area contributed by atoms with Crippen molar-refractivity contribution in [1.82, 2.24) is 52.8 Å². The Morgan fingerprint density at radius 3 is 1.57 bits per heavy atom. The van der Waals surface area contributed by atoms with Gasteiger partial charge in [-0.2, -0.15) is 0 Å². The number of aliphatic imine (C=N–C) groups is 3. The molecule has 3 rings (SSSR count). The minimum atomic E-state index is -1.43. The molecule has 100 heavy (non-hydrogen) atoms. The van der Waals surface area contributed by atoms with Crippen LogP contribution in [0, 0.1) is 31.6 Å². The van der Waals surface area contributed by atoms with Crippen LogP contribution in [0.5, 0.6) is 5.75 Å². The van der Waals surface area contributed by atoms with E-state index in [1.54, 1.807) is 77.1 Å². The molecule has 33 heteroatoms. The molecule has 0 spiro atoms. The van der Waals surface area contributed by atoms with E-state index in [2.05, 4.69) is 62.8 Å². The standard InChI is InChI=1S/C67H111N21O12/c1-9-38(4)54(63(99)84-49(24-17-29-78-67(74)75)64(100)88-30-18-25-52(88)62(98)81-46(55(69)91)21-13-14-26-68)87-59(95)48(23-16-28-77-66(72)73)82-58(94)47(22-15-27-76-65(70)71)83-60(96)50(31-37(2)3)86-61(97)51(35-43-19-11-10-12-20-43)85-57(93)42(8)80-53(90)36-79-56(92)41(7)34-45-39(5)32-44(89)33-40(45)6/h10-12,19-20,32-33,37-38,41-42,46-52,54,89H,9,13-18,21-31,34-36,68H2,1-8H3,(H2,69,91)(H,79,92)(H,80,90)(H,81,98)(H,82,94)(H,83,96)(H,84,99)(H,85,93)(H,86,97)(H,87,95)(H4,70,71,76)(H4,72,73,77)(H4,74,75,78)/t38-,41-,42+,46-,47-,48-,49-,50-,51-,52-,54-/m0/s1. The molecule has 0 bridgehead atoms. The zero-order valence-electron chi connectivity index (χ0n) is 59.2. The van der Waals surface area contributed by atoms with Gasteiger partial charge < -0.3 is 104 Å². The van der Waals surface area contributed by atoms with Crippen molar-refractivity contribution < 1.29 is 57.8 Å². The maximum absolute atomic E-state index is 14.8. The van der Waals surface area contributed by atoms with Crippen LogP contribution in [0.15, 0.2) is 57.4 Å². The Morgan fingerprint density at radius 2 is 1.05 bits per heavy atom. The Bertz CT molecular complexity index is 3130. The van der Waals surface area contributed by atoms with Crippen molar-refractivity contribution in [3.05, 3.63) is 64.7 Å². The fraction of sp³-hybridized carbons (Fsp3) is 0.612. The number of aryl methyl sites for hydroxylation is 2. The number of nitrogens with one attached hydrogen (secondary N) is 9. The normalized spacial score (nSPS) is 15.6. The third-order valence-corrected chi connectivity index (χ3v) is 17.0. The van der Waals surface area contributed by atoms with Gasteiger partial charge in [0.2, 0.25) is 65.0 Å². The summed E-state index contributed by atoms with van der Waals surface area (Å²) >= 11 is 0. The zero-order valence-corrected chi connectivity index (χ0v) is 59.2. The van der Waals surface area contributed by atoms with Crippen molar-refractivity contribution in [2.24, 2.45) is 78.6 Å². The van der Waals surface area contributed by atoms with Crippen LogP contribution < -0.4 is 93.7 Å². The Kier molecular flexibility index (Phi) is 36.8. The molecule has 2 aromatic rings. The van der Waals surface area contributed by atoms with E-state index < -0.39 is 138 Å². The van der Waals surface area contributed by atoms with Gasteiger partial charge in [-0.25, -0.2) is 0 Å². The summed E-state index contributed by atoms with van der Waals surface area (Å²) in [5, 5.41) is 34.4. The first-order chi connectivity index (χ1) is 47.3. The predicted octanol–water partition coefficient (Wildman–Crippen LogP) is -2.70. The van der Waals surface area contributed by atoms with Crippen molar-refractivity contribution in [2.45, 2.75) is 206 Å². The van der Waals surface area contributed by atoms with Crippen LogP contribution in [0.2, 0.25) is 0 Å². The minimum Gasteiger partial charge on any atom is -0.508 e. The highest BCUT2D eigenvalue weighted by atomic mass is 16.3. The van der Waals surface area contributed by atoms with E-state index in [9.17, 15) is 57.8 Å². The summed E-state index contributed by atoms with van der Waals surface area (Å²) in [5.74, 6) is -9.95. The number of hydrogen-bond acceptors (Lipinski definition) is 16. The average Bonchev–Trinajstić information content (AvgIpc) is 1.32. The number of guanidine groups is 3. The molecule has 1 saturated heterocycles. The number of aromatic hydroxyl groups is 1. The molecule has 0 saturated carbocycles. The Morgan fingerprint density at radius 1 is 0.560 bits per heavy atom. The number of carbonyl (C=O) groups is 11. The number of amides is 11.